The van der Waals surface area contributed by atoms with Crippen LogP contribution in [-0.2, 0) is 24.4 Å². The monoisotopic (exact) mass is 694 g/mol. The highest BCUT2D eigenvalue weighted by Gasteiger charge is 2.67. The van der Waals surface area contributed by atoms with Crippen LogP contribution >= 0.6 is 0 Å². The lowest BCUT2D eigenvalue weighted by atomic mass is 9.54. The van der Waals surface area contributed by atoms with Gasteiger partial charge in [0.2, 0.25) is 5.78 Å². The van der Waals surface area contributed by atoms with E-state index in [1.54, 1.807) is 7.05 Å². The number of nitrogens with one attached hydrogen (secondary N) is 2. The van der Waals surface area contributed by atoms with Crippen molar-refractivity contribution in [1.29, 1.82) is 0 Å². The van der Waals surface area contributed by atoms with Crippen molar-refractivity contribution >= 4 is 23.0 Å². The molecule has 3 aliphatic carbocycles. The van der Waals surface area contributed by atoms with Gasteiger partial charge in [-0.3, -0.25) is 14.4 Å². The molecule has 8 rings (SSSR count). The molecule has 0 spiro atoms. The highest BCUT2D eigenvalue weighted by molar-refractivity contribution is 6.27. The zero-order valence-electron chi connectivity index (χ0n) is 28.6. The van der Waals surface area contributed by atoms with Gasteiger partial charge in [0.1, 0.15) is 24.6 Å². The second-order valence-corrected chi connectivity index (χ2v) is 14.1. The smallest absolute Gasteiger partial charge is 0.265 e. The molecule has 1 saturated carbocycles. The van der Waals surface area contributed by atoms with Crippen molar-refractivity contribution in [2.24, 2.45) is 17.8 Å². The number of Topliss-reactive ketones (excluding diaryl/α,β-unsaturated/α-hetero) is 3. The summed E-state index contributed by atoms with van der Waals surface area (Å²) in [5, 5.41) is 22.7. The number of carbonyl (C=O) groups is 3. The summed E-state index contributed by atoms with van der Waals surface area (Å²) in [6, 6.07) is 17.6. The van der Waals surface area contributed by atoms with Crippen LogP contribution in [0.25, 0.3) is 0 Å². The van der Waals surface area contributed by atoms with Crippen molar-refractivity contribution in [2.75, 3.05) is 33.0 Å². The predicted octanol–water partition coefficient (Wildman–Crippen LogP) is 4.84. The molecule has 0 bridgehead atoms. The van der Waals surface area contributed by atoms with E-state index in [2.05, 4.69) is 15.8 Å². The molecule has 2 heterocycles. The lowest BCUT2D eigenvalue weighted by molar-refractivity contribution is -0.151. The minimum absolute atomic E-state index is 0.0169. The Labute approximate surface area is 294 Å². The van der Waals surface area contributed by atoms with Crippen molar-refractivity contribution in [3.63, 3.8) is 0 Å². The van der Waals surface area contributed by atoms with Crippen LogP contribution in [0.3, 0.4) is 0 Å². The number of carbonyl (C=O) groups excluding carboxylic acids is 3. The van der Waals surface area contributed by atoms with Crippen LogP contribution in [0.1, 0.15) is 73.7 Å². The molecule has 264 valence electrons. The van der Waals surface area contributed by atoms with E-state index in [0.29, 0.717) is 24.2 Å². The maximum absolute atomic E-state index is 16.9. The fraction of sp³-hybridized carbons (Fsp3) is 0.385. The minimum atomic E-state index is -2.59. The number of halogens is 1. The molecule has 3 aromatic carbocycles. The quantitative estimate of drug-likeness (QED) is 0.218. The molecular formula is C39H39FN4O7. The summed E-state index contributed by atoms with van der Waals surface area (Å²) in [5.41, 5.74) is -0.0767. The first-order chi connectivity index (χ1) is 24.6. The third kappa shape index (κ3) is 5.10. The molecule has 4 aromatic rings. The molecule has 11 nitrogen and oxygen atoms in total. The molecule has 4 aliphatic rings. The normalized spacial score (nSPS) is 26.4. The van der Waals surface area contributed by atoms with Gasteiger partial charge in [-0.25, -0.2) is 4.39 Å². The van der Waals surface area contributed by atoms with Gasteiger partial charge in [-0.05, 0) is 62.6 Å². The van der Waals surface area contributed by atoms with E-state index in [1.807, 2.05) is 79.7 Å². The summed E-state index contributed by atoms with van der Waals surface area (Å²) in [7, 11) is 5.41. The van der Waals surface area contributed by atoms with Crippen LogP contribution in [-0.4, -0.2) is 65.8 Å². The van der Waals surface area contributed by atoms with Crippen molar-refractivity contribution in [1.82, 2.24) is 15.4 Å². The first kappa shape index (κ1) is 33.2. The summed E-state index contributed by atoms with van der Waals surface area (Å²) < 4.78 is 34.9. The summed E-state index contributed by atoms with van der Waals surface area (Å²) >= 11 is 0. The Hall–Kier alpha value is -4.91. The Kier molecular flexibility index (Phi) is 8.28. The molecule has 0 amide bonds. The number of fused-ring (bicyclic) bond motifs is 5. The number of hydrogen-bond donors (Lipinski definition) is 3. The van der Waals surface area contributed by atoms with Gasteiger partial charge >= 0.3 is 0 Å². The lowest BCUT2D eigenvalue weighted by Gasteiger charge is -2.50. The van der Waals surface area contributed by atoms with E-state index in [0.717, 1.165) is 11.1 Å². The highest BCUT2D eigenvalue weighted by atomic mass is 19.1. The van der Waals surface area contributed by atoms with Gasteiger partial charge in [0.25, 0.3) is 5.88 Å². The minimum Gasteiger partial charge on any atom is -0.486 e. The van der Waals surface area contributed by atoms with Crippen molar-refractivity contribution < 1.29 is 37.9 Å². The largest absolute Gasteiger partial charge is 0.486 e. The van der Waals surface area contributed by atoms with Crippen molar-refractivity contribution in [3.8, 4) is 11.6 Å². The first-order valence-electron chi connectivity index (χ1n) is 17.3. The Morgan fingerprint density at radius 1 is 1.02 bits per heavy atom. The van der Waals surface area contributed by atoms with Gasteiger partial charge in [0.15, 0.2) is 28.7 Å². The number of nitrogens with zero attached hydrogens (tertiary/aromatic N) is 2. The van der Waals surface area contributed by atoms with E-state index >= 15 is 4.39 Å². The third-order valence-corrected chi connectivity index (χ3v) is 11.1. The third-order valence-electron chi connectivity index (χ3n) is 11.1. The molecule has 1 fully saturated rings. The molecule has 6 unspecified atom stereocenters. The standard InChI is InChI=1S/C39H39FN4O7/c1-41-31-24-17-22-16-23-27(34(49-18-20-10-6-4-7-11-20)32-28(30(23)40)25(44(2)3)14-15-42-32)33(45)26(22)36(46)39(24,48)37(47)29-35(31)51-43-38(29)50-19-21-12-8-5-9-13-21/h4-13,22,24-26,31,41-42,48H,14-19H2,1-3H3. The molecule has 3 N–H and O–H groups in total. The summed E-state index contributed by atoms with van der Waals surface area (Å²) in [4.78, 5) is 45.7. The number of aromatic nitrogens is 1. The number of anilines is 1. The van der Waals surface area contributed by atoms with E-state index < -0.39 is 52.6 Å². The predicted molar refractivity (Wildman–Crippen MR) is 183 cm³/mol. The van der Waals surface area contributed by atoms with Gasteiger partial charge in [0.05, 0.1) is 23.2 Å². The molecule has 0 saturated heterocycles. The van der Waals surface area contributed by atoms with E-state index in [9.17, 15) is 19.5 Å². The summed E-state index contributed by atoms with van der Waals surface area (Å²) in [5.74, 6) is -5.92. The molecule has 51 heavy (non-hydrogen) atoms. The highest BCUT2D eigenvalue weighted by Crippen LogP contribution is 2.56. The average Bonchev–Trinajstić information content (AvgIpc) is 3.57. The van der Waals surface area contributed by atoms with Crippen molar-refractivity contribution in [3.05, 3.63) is 106 Å². The van der Waals surface area contributed by atoms with Crippen LogP contribution < -0.4 is 20.1 Å². The Morgan fingerprint density at radius 2 is 1.69 bits per heavy atom. The van der Waals surface area contributed by atoms with Crippen LogP contribution in [0.5, 0.6) is 11.6 Å². The Bertz CT molecular complexity index is 2030. The van der Waals surface area contributed by atoms with Crippen LogP contribution in [0.4, 0.5) is 10.1 Å². The number of hydrogen-bond acceptors (Lipinski definition) is 11. The SMILES string of the molecule is CNC1c2onc(OCc3ccccc3)c2C(=O)C2(O)C(=O)C3C(=O)c4c(c(F)c5c(c4OCc4ccccc4)NCCC5N(C)C)CC3CC12. The average molecular weight is 695 g/mol. The Balaban J connectivity index is 1.21. The van der Waals surface area contributed by atoms with E-state index in [4.69, 9.17) is 14.0 Å². The fourth-order valence-electron chi connectivity index (χ4n) is 8.69. The molecule has 12 heteroatoms. The van der Waals surface area contributed by atoms with Gasteiger partial charge < -0.3 is 34.6 Å². The molecular weight excluding hydrogens is 655 g/mol. The molecule has 6 atom stereocenters. The maximum Gasteiger partial charge on any atom is 0.265 e. The van der Waals surface area contributed by atoms with Crippen LogP contribution in [0.2, 0.25) is 0 Å². The van der Waals surface area contributed by atoms with Gasteiger partial charge in [-0.1, -0.05) is 60.7 Å². The first-order valence-corrected chi connectivity index (χ1v) is 17.3. The second kappa shape index (κ2) is 12.7. The Morgan fingerprint density at radius 3 is 2.33 bits per heavy atom. The number of rotatable bonds is 8. The maximum atomic E-state index is 16.9. The zero-order chi connectivity index (χ0) is 35.6. The van der Waals surface area contributed by atoms with E-state index in [1.165, 1.54) is 0 Å². The van der Waals surface area contributed by atoms with Crippen LogP contribution in [0.15, 0.2) is 65.2 Å². The number of ether oxygens (including phenoxy) is 2. The lowest BCUT2D eigenvalue weighted by Crippen LogP contribution is -2.66. The summed E-state index contributed by atoms with van der Waals surface area (Å²) in [6.45, 7) is 0.689. The summed E-state index contributed by atoms with van der Waals surface area (Å²) in [6.07, 6.45) is 0.760. The van der Waals surface area contributed by atoms with Gasteiger partial charge in [-0.15, -0.1) is 0 Å². The van der Waals surface area contributed by atoms with Gasteiger partial charge in [-0.2, -0.15) is 0 Å². The number of benzene rings is 3. The van der Waals surface area contributed by atoms with E-state index in [-0.39, 0.29) is 66.2 Å². The molecule has 0 radical (unpaired) electrons. The topological polar surface area (TPSA) is 143 Å². The zero-order valence-corrected chi connectivity index (χ0v) is 28.6. The van der Waals surface area contributed by atoms with Crippen LogP contribution in [0, 0.1) is 23.6 Å². The van der Waals surface area contributed by atoms with Crippen molar-refractivity contribution in [2.45, 2.75) is 50.2 Å². The molecule has 1 aliphatic heterocycles. The number of aliphatic hydroxyl groups is 1. The number of ketones is 3. The van der Waals surface area contributed by atoms with Gasteiger partial charge in [0, 0.05) is 29.6 Å². The fourth-order valence-corrected chi connectivity index (χ4v) is 8.69. The second-order valence-electron chi connectivity index (χ2n) is 14.1. The molecule has 1 aromatic heterocycles.